The normalized spacial score (nSPS) is 10.8. The molecule has 9 nitrogen and oxygen atoms in total. The highest BCUT2D eigenvalue weighted by Gasteiger charge is 2.24. The Morgan fingerprint density at radius 3 is 2.49 bits per heavy atom. The summed E-state index contributed by atoms with van der Waals surface area (Å²) in [6, 6.07) is 15.0. The number of nitrogen functional groups attached to an aromatic ring is 1. The Hall–Kier alpha value is -3.85. The van der Waals surface area contributed by atoms with Crippen molar-refractivity contribution >= 4 is 17.4 Å². The van der Waals surface area contributed by atoms with Gasteiger partial charge in [0.2, 0.25) is 5.91 Å². The molecule has 0 aliphatic heterocycles. The Bertz CT molecular complexity index is 1270. The molecule has 0 aliphatic rings. The molecule has 0 spiro atoms. The van der Waals surface area contributed by atoms with E-state index in [1.807, 2.05) is 62.4 Å². The number of hydrogen-bond acceptors (Lipinski definition) is 6. The summed E-state index contributed by atoms with van der Waals surface area (Å²) < 4.78 is 12.1. The molecule has 35 heavy (non-hydrogen) atoms. The number of aromatic amines is 1. The fourth-order valence-electron chi connectivity index (χ4n) is 3.68. The summed E-state index contributed by atoms with van der Waals surface area (Å²) in [5, 5.41) is 0. The van der Waals surface area contributed by atoms with Gasteiger partial charge in [0.05, 0.1) is 19.6 Å². The number of carbonyl (C=O) groups excluding carboxylic acids is 1. The first kappa shape index (κ1) is 25.8. The summed E-state index contributed by atoms with van der Waals surface area (Å²) in [6.07, 6.45) is 0.507. The van der Waals surface area contributed by atoms with Crippen molar-refractivity contribution in [3.05, 3.63) is 86.1 Å². The van der Waals surface area contributed by atoms with Crippen molar-refractivity contribution in [3.8, 4) is 5.75 Å². The van der Waals surface area contributed by atoms with Crippen molar-refractivity contribution in [2.24, 2.45) is 0 Å². The minimum absolute atomic E-state index is 0.0244. The van der Waals surface area contributed by atoms with Crippen LogP contribution in [0.5, 0.6) is 5.75 Å². The second-order valence-corrected chi connectivity index (χ2v) is 8.30. The number of ether oxygens (including phenoxy) is 2. The summed E-state index contributed by atoms with van der Waals surface area (Å²) in [4.78, 5) is 42.2. The molecule has 3 N–H and O–H groups in total. The van der Waals surface area contributed by atoms with Crippen molar-refractivity contribution in [2.45, 2.75) is 33.2 Å². The maximum Gasteiger partial charge on any atom is 0.330 e. The number of methoxy groups -OCH3 is 1. The largest absolute Gasteiger partial charge is 0.493 e. The maximum atomic E-state index is 13.2. The monoisotopic (exact) mass is 480 g/mol. The van der Waals surface area contributed by atoms with Gasteiger partial charge in [0.1, 0.15) is 11.6 Å². The molecule has 0 fully saturated rings. The van der Waals surface area contributed by atoms with Crippen LogP contribution in [0.3, 0.4) is 0 Å². The van der Waals surface area contributed by atoms with Gasteiger partial charge in [-0.2, -0.15) is 0 Å². The molecule has 1 aromatic heterocycles. The van der Waals surface area contributed by atoms with E-state index in [0.29, 0.717) is 18.8 Å². The molecular weight excluding hydrogens is 448 g/mol. The lowest BCUT2D eigenvalue weighted by Crippen LogP contribution is -2.42. The van der Waals surface area contributed by atoms with Gasteiger partial charge in [0.15, 0.2) is 5.69 Å². The Balaban J connectivity index is 1.85. The Labute approximate surface area is 204 Å². The number of benzene rings is 2. The standard InChI is InChI=1S/C26H32N4O5/c1-18-10-11-21(16-19(18)2)35-15-12-22(31)29(13-7-14-34-3)23-24(27)30(26(33)28-25(23)32)17-20-8-5-4-6-9-20/h4-6,8-11,16H,7,12-15,17,27H2,1-3H3,(H,28,32,33). The number of anilines is 2. The van der Waals surface area contributed by atoms with Gasteiger partial charge < -0.3 is 20.1 Å². The third-order valence-electron chi connectivity index (χ3n) is 5.76. The molecule has 0 aliphatic carbocycles. The number of nitrogens with one attached hydrogen (secondary N) is 1. The van der Waals surface area contributed by atoms with E-state index in [0.717, 1.165) is 16.7 Å². The molecule has 0 saturated carbocycles. The Morgan fingerprint density at radius 2 is 1.80 bits per heavy atom. The van der Waals surface area contributed by atoms with E-state index in [2.05, 4.69) is 4.98 Å². The minimum Gasteiger partial charge on any atom is -0.493 e. The second-order valence-electron chi connectivity index (χ2n) is 8.30. The first-order valence-electron chi connectivity index (χ1n) is 11.5. The molecule has 186 valence electrons. The van der Waals surface area contributed by atoms with Crippen LogP contribution in [0.1, 0.15) is 29.5 Å². The highest BCUT2D eigenvalue weighted by atomic mass is 16.5. The predicted molar refractivity (Wildman–Crippen MR) is 136 cm³/mol. The number of nitrogens with zero attached hydrogens (tertiary/aromatic N) is 2. The zero-order chi connectivity index (χ0) is 25.4. The number of aromatic nitrogens is 2. The summed E-state index contributed by atoms with van der Waals surface area (Å²) in [5.74, 6) is 0.260. The number of hydrogen-bond donors (Lipinski definition) is 2. The van der Waals surface area contributed by atoms with Gasteiger partial charge in [-0.25, -0.2) is 4.79 Å². The maximum absolute atomic E-state index is 13.2. The van der Waals surface area contributed by atoms with Crippen LogP contribution in [0.4, 0.5) is 11.5 Å². The molecule has 3 rings (SSSR count). The van der Waals surface area contributed by atoms with Gasteiger partial charge in [0, 0.05) is 20.3 Å². The fourth-order valence-corrected chi connectivity index (χ4v) is 3.68. The van der Waals surface area contributed by atoms with Crippen LogP contribution in [0.15, 0.2) is 58.1 Å². The number of nitrogens with two attached hydrogens (primary N) is 1. The van der Waals surface area contributed by atoms with Crippen LogP contribution in [-0.4, -0.2) is 42.3 Å². The molecule has 0 atom stereocenters. The molecular formula is C26H32N4O5. The second kappa shape index (κ2) is 12.0. The lowest BCUT2D eigenvalue weighted by Gasteiger charge is -2.24. The van der Waals surface area contributed by atoms with E-state index in [1.54, 1.807) is 7.11 Å². The molecule has 0 saturated heterocycles. The average Bonchev–Trinajstić information content (AvgIpc) is 2.83. The number of carbonyl (C=O) groups is 1. The lowest BCUT2D eigenvalue weighted by atomic mass is 10.1. The van der Waals surface area contributed by atoms with Gasteiger partial charge in [-0.1, -0.05) is 36.4 Å². The lowest BCUT2D eigenvalue weighted by molar-refractivity contribution is -0.119. The minimum atomic E-state index is -0.711. The van der Waals surface area contributed by atoms with Crippen LogP contribution < -0.4 is 26.6 Å². The molecule has 0 radical (unpaired) electrons. The average molecular weight is 481 g/mol. The molecule has 1 heterocycles. The molecule has 1 amide bonds. The third kappa shape index (κ3) is 6.60. The quantitative estimate of drug-likeness (QED) is 0.407. The highest BCUT2D eigenvalue weighted by Crippen LogP contribution is 2.20. The van der Waals surface area contributed by atoms with Crippen molar-refractivity contribution in [2.75, 3.05) is 37.5 Å². The fraction of sp³-hybridized carbons (Fsp3) is 0.346. The topological polar surface area (TPSA) is 120 Å². The third-order valence-corrected chi connectivity index (χ3v) is 5.76. The SMILES string of the molecule is COCCCN(C(=O)CCOc1ccc(C)c(C)c1)c1c(N)n(Cc2ccccc2)c(=O)[nH]c1=O. The van der Waals surface area contributed by atoms with Crippen molar-refractivity contribution in [3.63, 3.8) is 0 Å². The molecule has 3 aromatic rings. The number of rotatable bonds is 11. The number of aryl methyl sites for hydroxylation is 2. The van der Waals surface area contributed by atoms with E-state index in [1.165, 1.54) is 9.47 Å². The van der Waals surface area contributed by atoms with Gasteiger partial charge in [-0.05, 0) is 49.1 Å². The zero-order valence-electron chi connectivity index (χ0n) is 20.4. The van der Waals surface area contributed by atoms with E-state index < -0.39 is 11.2 Å². The van der Waals surface area contributed by atoms with Crippen LogP contribution >= 0.6 is 0 Å². The first-order valence-corrected chi connectivity index (χ1v) is 11.5. The van der Waals surface area contributed by atoms with Gasteiger partial charge in [-0.15, -0.1) is 0 Å². The number of H-pyrrole nitrogens is 1. The van der Waals surface area contributed by atoms with Crippen LogP contribution in [0, 0.1) is 13.8 Å². The highest BCUT2D eigenvalue weighted by molar-refractivity contribution is 5.95. The van der Waals surface area contributed by atoms with Crippen molar-refractivity contribution < 1.29 is 14.3 Å². The van der Waals surface area contributed by atoms with E-state index >= 15 is 0 Å². The van der Waals surface area contributed by atoms with Crippen LogP contribution in [-0.2, 0) is 16.1 Å². The summed E-state index contributed by atoms with van der Waals surface area (Å²) in [6.45, 7) is 4.89. The molecule has 0 bridgehead atoms. The zero-order valence-corrected chi connectivity index (χ0v) is 20.4. The van der Waals surface area contributed by atoms with E-state index in [9.17, 15) is 14.4 Å². The van der Waals surface area contributed by atoms with Gasteiger partial charge in [-0.3, -0.25) is 19.1 Å². The summed E-state index contributed by atoms with van der Waals surface area (Å²) in [5.41, 5.74) is 7.99. The first-order chi connectivity index (χ1) is 16.8. The molecule has 9 heteroatoms. The Kier molecular flexibility index (Phi) is 8.86. The van der Waals surface area contributed by atoms with Crippen molar-refractivity contribution in [1.29, 1.82) is 0 Å². The molecule has 0 unspecified atom stereocenters. The van der Waals surface area contributed by atoms with Crippen LogP contribution in [0.25, 0.3) is 0 Å². The predicted octanol–water partition coefficient (Wildman–Crippen LogP) is 2.62. The Morgan fingerprint density at radius 1 is 1.06 bits per heavy atom. The van der Waals surface area contributed by atoms with Gasteiger partial charge >= 0.3 is 5.69 Å². The van der Waals surface area contributed by atoms with Crippen molar-refractivity contribution in [1.82, 2.24) is 9.55 Å². The van der Waals surface area contributed by atoms with E-state index in [4.69, 9.17) is 15.2 Å². The van der Waals surface area contributed by atoms with Crippen LogP contribution in [0.2, 0.25) is 0 Å². The van der Waals surface area contributed by atoms with E-state index in [-0.39, 0.29) is 43.5 Å². The summed E-state index contributed by atoms with van der Waals surface area (Å²) >= 11 is 0. The van der Waals surface area contributed by atoms with Gasteiger partial charge in [0.25, 0.3) is 5.56 Å². The smallest absolute Gasteiger partial charge is 0.330 e. The summed E-state index contributed by atoms with van der Waals surface area (Å²) in [7, 11) is 1.56. The number of amides is 1. The molecule has 2 aromatic carbocycles.